The molecule has 2 aromatic rings. The average molecular weight is 326 g/mol. The van der Waals surface area contributed by atoms with Gasteiger partial charge in [-0.15, -0.1) is 0 Å². The lowest BCUT2D eigenvalue weighted by Gasteiger charge is -2.07. The van der Waals surface area contributed by atoms with Crippen LogP contribution in [0.5, 0.6) is 0 Å². The zero-order valence-corrected chi connectivity index (χ0v) is 12.6. The fourth-order valence-electron chi connectivity index (χ4n) is 1.58. The van der Waals surface area contributed by atoms with Crippen molar-refractivity contribution < 1.29 is 13.2 Å². The highest BCUT2D eigenvalue weighted by Gasteiger charge is 2.11. The van der Waals surface area contributed by atoms with Gasteiger partial charge in [-0.2, -0.15) is 0 Å². The van der Waals surface area contributed by atoms with Gasteiger partial charge in [0.1, 0.15) is 5.15 Å². The zero-order valence-electron chi connectivity index (χ0n) is 11.0. The topological polar surface area (TPSA) is 88.2 Å². The van der Waals surface area contributed by atoms with Crippen LogP contribution in [0.4, 0.5) is 5.69 Å². The zero-order chi connectivity index (χ0) is 15.5. The number of hydrogen-bond donors (Lipinski definition) is 2. The quantitative estimate of drug-likeness (QED) is 0.840. The van der Waals surface area contributed by atoms with Crippen LogP contribution in [0.2, 0.25) is 5.15 Å². The number of pyridine rings is 1. The van der Waals surface area contributed by atoms with Gasteiger partial charge < -0.3 is 5.32 Å². The molecule has 1 heterocycles. The van der Waals surface area contributed by atoms with Gasteiger partial charge in [0.25, 0.3) is 5.91 Å². The molecule has 0 radical (unpaired) electrons. The first-order valence-corrected chi connectivity index (χ1v) is 7.75. The third-order valence-corrected chi connectivity index (χ3v) is 4.32. The predicted molar refractivity (Wildman–Crippen MR) is 79.9 cm³/mol. The van der Waals surface area contributed by atoms with E-state index in [2.05, 4.69) is 15.0 Å². The lowest BCUT2D eigenvalue weighted by Crippen LogP contribution is -2.18. The molecular weight excluding hydrogens is 314 g/mol. The fraction of sp³-hybridized carbons (Fsp3) is 0.0769. The second-order valence-corrected chi connectivity index (χ2v) is 6.33. The second-order valence-electron chi connectivity index (χ2n) is 4.05. The van der Waals surface area contributed by atoms with E-state index in [4.69, 9.17) is 11.6 Å². The first-order valence-electron chi connectivity index (χ1n) is 5.89. The Morgan fingerprint density at radius 1 is 1.19 bits per heavy atom. The summed E-state index contributed by atoms with van der Waals surface area (Å²) >= 11 is 5.71. The van der Waals surface area contributed by atoms with E-state index in [1.165, 1.54) is 49.6 Å². The molecule has 0 spiro atoms. The van der Waals surface area contributed by atoms with Crippen molar-refractivity contribution in [2.24, 2.45) is 0 Å². The molecule has 2 rings (SSSR count). The number of nitrogens with zero attached hydrogens (tertiary/aromatic N) is 1. The molecule has 0 atom stereocenters. The number of nitrogens with one attached hydrogen (secondary N) is 2. The number of carbonyl (C=O) groups excluding carboxylic acids is 1. The van der Waals surface area contributed by atoms with Crippen LogP contribution in [-0.4, -0.2) is 26.4 Å². The lowest BCUT2D eigenvalue weighted by atomic mass is 10.2. The molecule has 1 aromatic heterocycles. The van der Waals surface area contributed by atoms with Gasteiger partial charge in [-0.05, 0) is 43.4 Å². The van der Waals surface area contributed by atoms with Crippen LogP contribution < -0.4 is 10.0 Å². The van der Waals surface area contributed by atoms with Gasteiger partial charge in [0.05, 0.1) is 4.90 Å². The third-order valence-electron chi connectivity index (χ3n) is 2.68. The molecule has 110 valence electrons. The van der Waals surface area contributed by atoms with E-state index in [1.54, 1.807) is 0 Å². The van der Waals surface area contributed by atoms with Crippen LogP contribution in [0.3, 0.4) is 0 Å². The number of anilines is 1. The predicted octanol–water partition coefficient (Wildman–Crippen LogP) is 1.90. The van der Waals surface area contributed by atoms with E-state index < -0.39 is 10.0 Å². The molecule has 6 nitrogen and oxygen atoms in total. The highest BCUT2D eigenvalue weighted by molar-refractivity contribution is 7.89. The first-order chi connectivity index (χ1) is 9.92. The van der Waals surface area contributed by atoms with Gasteiger partial charge in [0, 0.05) is 17.4 Å². The maximum absolute atomic E-state index is 12.0. The van der Waals surface area contributed by atoms with E-state index in [-0.39, 0.29) is 16.0 Å². The van der Waals surface area contributed by atoms with Crippen molar-refractivity contribution in [3.8, 4) is 0 Å². The van der Waals surface area contributed by atoms with Crippen molar-refractivity contribution in [3.05, 3.63) is 53.3 Å². The number of carbonyl (C=O) groups is 1. The Hall–Kier alpha value is -1.96. The molecule has 0 bridgehead atoms. The summed E-state index contributed by atoms with van der Waals surface area (Å²) < 4.78 is 25.4. The van der Waals surface area contributed by atoms with E-state index in [9.17, 15) is 13.2 Å². The molecule has 0 saturated carbocycles. The summed E-state index contributed by atoms with van der Waals surface area (Å²) in [5, 5.41) is 2.86. The van der Waals surface area contributed by atoms with Crippen molar-refractivity contribution in [2.75, 3.05) is 12.4 Å². The number of sulfonamides is 1. The number of rotatable bonds is 4. The van der Waals surface area contributed by atoms with E-state index in [0.29, 0.717) is 11.3 Å². The normalized spacial score (nSPS) is 11.1. The SMILES string of the molecule is CNS(=O)(=O)c1ccc(NC(=O)c2ccnc(Cl)c2)cc1. The Morgan fingerprint density at radius 3 is 2.43 bits per heavy atom. The molecule has 0 unspecified atom stereocenters. The van der Waals surface area contributed by atoms with Crippen LogP contribution in [0.15, 0.2) is 47.5 Å². The summed E-state index contributed by atoms with van der Waals surface area (Å²) in [7, 11) is -2.16. The Morgan fingerprint density at radius 2 is 1.86 bits per heavy atom. The third kappa shape index (κ3) is 3.78. The van der Waals surface area contributed by atoms with Crippen molar-refractivity contribution in [3.63, 3.8) is 0 Å². The van der Waals surface area contributed by atoms with Gasteiger partial charge in [-0.25, -0.2) is 18.1 Å². The number of hydrogen-bond acceptors (Lipinski definition) is 4. The Kier molecular flexibility index (Phi) is 4.56. The molecule has 0 saturated heterocycles. The first kappa shape index (κ1) is 15.4. The van der Waals surface area contributed by atoms with Crippen LogP contribution in [0.1, 0.15) is 10.4 Å². The van der Waals surface area contributed by atoms with Crippen molar-refractivity contribution in [2.45, 2.75) is 4.90 Å². The van der Waals surface area contributed by atoms with Gasteiger partial charge in [0.2, 0.25) is 10.0 Å². The van der Waals surface area contributed by atoms with Gasteiger partial charge in [-0.1, -0.05) is 11.6 Å². The van der Waals surface area contributed by atoms with E-state index >= 15 is 0 Å². The molecule has 2 N–H and O–H groups in total. The summed E-state index contributed by atoms with van der Waals surface area (Å²) in [4.78, 5) is 15.9. The smallest absolute Gasteiger partial charge is 0.255 e. The molecule has 1 amide bonds. The van der Waals surface area contributed by atoms with Crippen LogP contribution in [-0.2, 0) is 10.0 Å². The minimum Gasteiger partial charge on any atom is -0.322 e. The van der Waals surface area contributed by atoms with Gasteiger partial charge >= 0.3 is 0 Å². The van der Waals surface area contributed by atoms with Gasteiger partial charge in [0.15, 0.2) is 0 Å². The monoisotopic (exact) mass is 325 g/mol. The molecule has 21 heavy (non-hydrogen) atoms. The number of halogens is 1. The fourth-order valence-corrected chi connectivity index (χ4v) is 2.49. The molecule has 0 fully saturated rings. The van der Waals surface area contributed by atoms with Crippen molar-refractivity contribution in [1.82, 2.24) is 9.71 Å². The summed E-state index contributed by atoms with van der Waals surface area (Å²) in [5.74, 6) is -0.358. The molecule has 0 aliphatic heterocycles. The number of aromatic nitrogens is 1. The van der Waals surface area contributed by atoms with Crippen LogP contribution in [0.25, 0.3) is 0 Å². The maximum atomic E-state index is 12.0. The summed E-state index contributed by atoms with van der Waals surface area (Å²) in [6.07, 6.45) is 1.43. The second kappa shape index (κ2) is 6.21. The minimum absolute atomic E-state index is 0.120. The average Bonchev–Trinajstić information content (AvgIpc) is 2.48. The highest BCUT2D eigenvalue weighted by atomic mass is 35.5. The molecule has 0 aliphatic rings. The van der Waals surface area contributed by atoms with Crippen molar-refractivity contribution >= 4 is 33.2 Å². The summed E-state index contributed by atoms with van der Waals surface area (Å²) in [5.41, 5.74) is 0.838. The van der Waals surface area contributed by atoms with Crippen LogP contribution in [0, 0.1) is 0 Å². The van der Waals surface area contributed by atoms with Gasteiger partial charge in [-0.3, -0.25) is 4.79 Å². The lowest BCUT2D eigenvalue weighted by molar-refractivity contribution is 0.102. The summed E-state index contributed by atoms with van der Waals surface area (Å²) in [6, 6.07) is 8.79. The van der Waals surface area contributed by atoms with E-state index in [0.717, 1.165) is 0 Å². The Bertz CT molecular complexity index is 760. The molecule has 0 aliphatic carbocycles. The highest BCUT2D eigenvalue weighted by Crippen LogP contribution is 2.15. The van der Waals surface area contributed by atoms with Crippen molar-refractivity contribution in [1.29, 1.82) is 0 Å². The van der Waals surface area contributed by atoms with Crippen LogP contribution >= 0.6 is 11.6 Å². The summed E-state index contributed by atoms with van der Waals surface area (Å²) in [6.45, 7) is 0. The number of benzene rings is 1. The maximum Gasteiger partial charge on any atom is 0.255 e. The largest absolute Gasteiger partial charge is 0.322 e. The molecular formula is C13H12ClN3O3S. The standard InChI is InChI=1S/C13H12ClN3O3S/c1-15-21(19,20)11-4-2-10(3-5-11)17-13(18)9-6-7-16-12(14)8-9/h2-8,15H,1H3,(H,17,18). The van der Waals surface area contributed by atoms with E-state index in [1.807, 2.05) is 0 Å². The molecule has 1 aromatic carbocycles. The number of amides is 1. The Balaban J connectivity index is 2.16. The Labute approximate surface area is 127 Å². The molecule has 8 heteroatoms. The minimum atomic E-state index is -3.49.